The molecule has 0 aromatic carbocycles. The van der Waals surface area contributed by atoms with Crippen LogP contribution >= 0.6 is 0 Å². The van der Waals surface area contributed by atoms with Crippen LogP contribution in [0.2, 0.25) is 0 Å². The molecule has 86 valence electrons. The summed E-state index contributed by atoms with van der Waals surface area (Å²) in [5, 5.41) is 4.53. The Morgan fingerprint density at radius 2 is 1.73 bits per heavy atom. The van der Waals surface area contributed by atoms with Crippen molar-refractivity contribution in [1.29, 1.82) is 0 Å². The van der Waals surface area contributed by atoms with Crippen molar-refractivity contribution in [2.45, 2.75) is 0 Å². The number of amides is 3. The fraction of sp³-hybridized carbons (Fsp3) is 0.625. The van der Waals surface area contributed by atoms with E-state index < -0.39 is 12.0 Å². The lowest BCUT2D eigenvalue weighted by molar-refractivity contribution is -0.130. The van der Waals surface area contributed by atoms with Crippen LogP contribution in [0.15, 0.2) is 0 Å². The topological polar surface area (TPSA) is 87.7 Å². The van der Waals surface area contributed by atoms with Crippen LogP contribution in [0.25, 0.3) is 0 Å². The number of nitrogens with one attached hydrogen (secondary N) is 2. The number of carbonyl (C=O) groups excluding carboxylic acids is 3. The Kier molecular flexibility index (Phi) is 5.84. The van der Waals surface area contributed by atoms with Gasteiger partial charge < -0.3 is 20.3 Å². The van der Waals surface area contributed by atoms with Crippen molar-refractivity contribution in [1.82, 2.24) is 15.5 Å². The van der Waals surface area contributed by atoms with Crippen LogP contribution in [0.4, 0.5) is 4.79 Å². The molecule has 15 heavy (non-hydrogen) atoms. The van der Waals surface area contributed by atoms with Crippen LogP contribution in [0.1, 0.15) is 0 Å². The van der Waals surface area contributed by atoms with Gasteiger partial charge in [0.25, 0.3) is 0 Å². The molecule has 7 nitrogen and oxygen atoms in total. The fourth-order valence-corrected chi connectivity index (χ4v) is 0.619. The van der Waals surface area contributed by atoms with Crippen LogP contribution in [0.3, 0.4) is 0 Å². The molecule has 0 bridgehead atoms. The van der Waals surface area contributed by atoms with E-state index in [-0.39, 0.29) is 19.0 Å². The molecule has 0 spiro atoms. The molecule has 0 heterocycles. The molecule has 2 N–H and O–H groups in total. The molecule has 0 aliphatic carbocycles. The van der Waals surface area contributed by atoms with Gasteiger partial charge in [-0.25, -0.2) is 4.79 Å². The van der Waals surface area contributed by atoms with Gasteiger partial charge in [0.15, 0.2) is 0 Å². The highest BCUT2D eigenvalue weighted by Crippen LogP contribution is 1.76. The first-order valence-corrected chi connectivity index (χ1v) is 4.26. The average Bonchev–Trinajstić information content (AvgIpc) is 2.21. The van der Waals surface area contributed by atoms with Crippen molar-refractivity contribution in [3.63, 3.8) is 0 Å². The van der Waals surface area contributed by atoms with E-state index >= 15 is 0 Å². The van der Waals surface area contributed by atoms with Gasteiger partial charge in [0.1, 0.15) is 6.54 Å². The SMILES string of the molecule is COC(=O)NCC(=O)NCC(=O)N(C)C. The minimum absolute atomic E-state index is 0.0886. The number of likely N-dealkylation sites (N-methyl/N-ethyl adjacent to an activating group) is 1. The Balaban J connectivity index is 3.67. The molecule has 0 aromatic heterocycles. The second kappa shape index (κ2) is 6.63. The first-order valence-electron chi connectivity index (χ1n) is 4.26. The number of carbonyl (C=O) groups is 3. The van der Waals surface area contributed by atoms with Gasteiger partial charge in [0, 0.05) is 14.1 Å². The summed E-state index contributed by atoms with van der Waals surface area (Å²) < 4.78 is 4.26. The first-order chi connectivity index (χ1) is 6.97. The highest BCUT2D eigenvalue weighted by molar-refractivity contribution is 5.86. The highest BCUT2D eigenvalue weighted by atomic mass is 16.5. The third-order valence-electron chi connectivity index (χ3n) is 1.51. The number of methoxy groups -OCH3 is 1. The number of hydrogen-bond donors (Lipinski definition) is 2. The third kappa shape index (κ3) is 6.30. The van der Waals surface area contributed by atoms with Gasteiger partial charge in [-0.1, -0.05) is 0 Å². The zero-order valence-corrected chi connectivity index (χ0v) is 8.99. The molecule has 0 aliphatic heterocycles. The molecule has 3 amide bonds. The molecular formula is C8H15N3O4. The molecule has 0 atom stereocenters. The molecule has 0 fully saturated rings. The van der Waals surface area contributed by atoms with Gasteiger partial charge in [-0.2, -0.15) is 0 Å². The van der Waals surface area contributed by atoms with Crippen LogP contribution in [0, 0.1) is 0 Å². The van der Waals surface area contributed by atoms with E-state index in [4.69, 9.17) is 0 Å². The van der Waals surface area contributed by atoms with Crippen molar-refractivity contribution >= 4 is 17.9 Å². The van der Waals surface area contributed by atoms with E-state index in [0.29, 0.717) is 0 Å². The van der Waals surface area contributed by atoms with Gasteiger partial charge >= 0.3 is 6.09 Å². The molecule has 7 heteroatoms. The van der Waals surface area contributed by atoms with Crippen molar-refractivity contribution < 1.29 is 19.1 Å². The number of alkyl carbamates (subject to hydrolysis) is 1. The second-order valence-electron chi connectivity index (χ2n) is 2.91. The Hall–Kier alpha value is -1.79. The van der Waals surface area contributed by atoms with Crippen LogP contribution in [0.5, 0.6) is 0 Å². The molecule has 0 saturated carbocycles. The summed E-state index contributed by atoms with van der Waals surface area (Å²) in [6.45, 7) is -0.304. The van der Waals surface area contributed by atoms with E-state index in [9.17, 15) is 14.4 Å². The lowest BCUT2D eigenvalue weighted by atomic mass is 10.5. The second-order valence-corrected chi connectivity index (χ2v) is 2.91. The monoisotopic (exact) mass is 217 g/mol. The molecule has 0 aliphatic rings. The number of nitrogens with zero attached hydrogens (tertiary/aromatic N) is 1. The van der Waals surface area contributed by atoms with Crippen LogP contribution in [-0.4, -0.2) is 57.1 Å². The molecule has 0 rings (SSSR count). The normalized spacial score (nSPS) is 9.00. The molecule has 0 unspecified atom stereocenters. The predicted molar refractivity (Wildman–Crippen MR) is 52.1 cm³/mol. The minimum atomic E-state index is -0.691. The van der Waals surface area contributed by atoms with E-state index in [2.05, 4.69) is 15.4 Å². The zero-order valence-electron chi connectivity index (χ0n) is 8.99. The summed E-state index contributed by atoms with van der Waals surface area (Å²) >= 11 is 0. The molecule has 0 saturated heterocycles. The van der Waals surface area contributed by atoms with Gasteiger partial charge in [-0.05, 0) is 0 Å². The lowest BCUT2D eigenvalue weighted by Crippen LogP contribution is -2.41. The van der Waals surface area contributed by atoms with Crippen molar-refractivity contribution in [3.8, 4) is 0 Å². The maximum Gasteiger partial charge on any atom is 0.407 e. The van der Waals surface area contributed by atoms with E-state index in [1.54, 1.807) is 14.1 Å². The summed E-state index contributed by atoms with van der Waals surface area (Å²) in [7, 11) is 4.37. The van der Waals surface area contributed by atoms with Crippen molar-refractivity contribution in [2.24, 2.45) is 0 Å². The summed E-state index contributed by atoms with van der Waals surface area (Å²) in [5.41, 5.74) is 0. The molecule has 0 radical (unpaired) electrons. The largest absolute Gasteiger partial charge is 0.453 e. The van der Waals surface area contributed by atoms with Crippen molar-refractivity contribution in [3.05, 3.63) is 0 Å². The smallest absolute Gasteiger partial charge is 0.407 e. The summed E-state index contributed by atoms with van der Waals surface area (Å²) in [5.74, 6) is -0.669. The maximum atomic E-state index is 11.0. The Labute approximate surface area is 87.8 Å². The van der Waals surface area contributed by atoms with E-state index in [0.717, 1.165) is 0 Å². The Morgan fingerprint density at radius 3 is 2.20 bits per heavy atom. The summed E-state index contributed by atoms with van der Waals surface area (Å²) in [6, 6.07) is 0. The first kappa shape index (κ1) is 13.2. The highest BCUT2D eigenvalue weighted by Gasteiger charge is 2.07. The van der Waals surface area contributed by atoms with Gasteiger partial charge in [-0.3, -0.25) is 9.59 Å². The third-order valence-corrected chi connectivity index (χ3v) is 1.51. The van der Waals surface area contributed by atoms with Crippen molar-refractivity contribution in [2.75, 3.05) is 34.3 Å². The number of ether oxygens (including phenoxy) is 1. The number of hydrogen-bond acceptors (Lipinski definition) is 4. The quantitative estimate of drug-likeness (QED) is 0.603. The van der Waals surface area contributed by atoms with Crippen LogP contribution < -0.4 is 10.6 Å². The van der Waals surface area contributed by atoms with E-state index in [1.807, 2.05) is 0 Å². The fourth-order valence-electron chi connectivity index (χ4n) is 0.619. The van der Waals surface area contributed by atoms with E-state index in [1.165, 1.54) is 12.0 Å². The number of rotatable bonds is 4. The standard InChI is InChI=1S/C8H15N3O4/c1-11(2)7(13)5-9-6(12)4-10-8(14)15-3/h4-5H2,1-3H3,(H,9,12)(H,10,14). The maximum absolute atomic E-state index is 11.0. The molecular weight excluding hydrogens is 202 g/mol. The predicted octanol–water partition coefficient (Wildman–Crippen LogP) is -1.45. The Bertz CT molecular complexity index is 252. The Morgan fingerprint density at radius 1 is 1.13 bits per heavy atom. The lowest BCUT2D eigenvalue weighted by Gasteiger charge is -2.10. The van der Waals surface area contributed by atoms with Gasteiger partial charge in [0.2, 0.25) is 11.8 Å². The minimum Gasteiger partial charge on any atom is -0.453 e. The molecule has 0 aromatic rings. The van der Waals surface area contributed by atoms with Crippen LogP contribution in [-0.2, 0) is 14.3 Å². The average molecular weight is 217 g/mol. The summed E-state index contributed by atoms with van der Waals surface area (Å²) in [6.07, 6.45) is -0.691. The zero-order chi connectivity index (χ0) is 11.8. The van der Waals surface area contributed by atoms with Gasteiger partial charge in [0.05, 0.1) is 13.7 Å². The summed E-state index contributed by atoms with van der Waals surface area (Å²) in [4.78, 5) is 34.0. The van der Waals surface area contributed by atoms with Gasteiger partial charge in [-0.15, -0.1) is 0 Å².